The molecular formula is C17H35N. The van der Waals surface area contributed by atoms with Crippen LogP contribution in [0.3, 0.4) is 0 Å². The fourth-order valence-corrected chi connectivity index (χ4v) is 3.10. The van der Waals surface area contributed by atoms with Crippen LogP contribution in [0.15, 0.2) is 0 Å². The minimum absolute atomic E-state index is 0.694. The Morgan fingerprint density at radius 1 is 1.00 bits per heavy atom. The van der Waals surface area contributed by atoms with Gasteiger partial charge >= 0.3 is 0 Å². The molecule has 0 atom stereocenters. The Morgan fingerprint density at radius 3 is 2.22 bits per heavy atom. The molecule has 0 spiro atoms. The van der Waals surface area contributed by atoms with E-state index in [1.54, 1.807) is 0 Å². The number of hydrogen-bond donors (Lipinski definition) is 1. The van der Waals surface area contributed by atoms with E-state index in [0.29, 0.717) is 5.41 Å². The lowest BCUT2D eigenvalue weighted by atomic mass is 9.65. The van der Waals surface area contributed by atoms with E-state index in [0.717, 1.165) is 5.92 Å². The first-order valence-corrected chi connectivity index (χ1v) is 8.39. The Labute approximate surface area is 115 Å². The molecule has 1 aliphatic rings. The summed E-state index contributed by atoms with van der Waals surface area (Å²) in [6.07, 6.45) is 14.5. The van der Waals surface area contributed by atoms with Gasteiger partial charge in [0.2, 0.25) is 0 Å². The maximum atomic E-state index is 3.69. The number of unbranched alkanes of at least 4 members (excludes halogenated alkanes) is 5. The average Bonchev–Trinajstić information content (AvgIpc) is 2.28. The summed E-state index contributed by atoms with van der Waals surface area (Å²) in [6.45, 7) is 9.37. The molecule has 1 aliphatic carbocycles. The lowest BCUT2D eigenvalue weighted by Crippen LogP contribution is -2.41. The van der Waals surface area contributed by atoms with Gasteiger partial charge < -0.3 is 5.32 Å². The molecule has 1 nitrogen and oxygen atoms in total. The lowest BCUT2D eigenvalue weighted by molar-refractivity contribution is 0.111. The lowest BCUT2D eigenvalue weighted by Gasteiger charge is -2.42. The second-order valence-electron chi connectivity index (χ2n) is 6.90. The quantitative estimate of drug-likeness (QED) is 0.502. The van der Waals surface area contributed by atoms with E-state index in [1.807, 2.05) is 0 Å². The predicted octanol–water partition coefficient (Wildman–Crippen LogP) is 5.15. The van der Waals surface area contributed by atoms with Gasteiger partial charge in [0.1, 0.15) is 0 Å². The van der Waals surface area contributed by atoms with E-state index in [2.05, 4.69) is 26.1 Å². The second kappa shape index (κ2) is 8.96. The molecule has 1 fully saturated rings. The van der Waals surface area contributed by atoms with Crippen LogP contribution in [-0.4, -0.2) is 13.1 Å². The summed E-state index contributed by atoms with van der Waals surface area (Å²) in [4.78, 5) is 0. The average molecular weight is 253 g/mol. The first-order valence-electron chi connectivity index (χ1n) is 8.39. The third kappa shape index (κ3) is 6.22. The summed E-state index contributed by atoms with van der Waals surface area (Å²) in [5.41, 5.74) is 0.694. The molecule has 1 rings (SSSR count). The molecule has 108 valence electrons. The standard InChI is InChI=1S/C17H35N/c1-4-5-6-7-8-9-11-17(12-10-13-17)15-18-14-16(2)3/h16,18H,4-15H2,1-3H3. The summed E-state index contributed by atoms with van der Waals surface area (Å²) in [5.74, 6) is 0.788. The van der Waals surface area contributed by atoms with Gasteiger partial charge in [-0.2, -0.15) is 0 Å². The van der Waals surface area contributed by atoms with Crippen molar-refractivity contribution in [1.29, 1.82) is 0 Å². The van der Waals surface area contributed by atoms with Crippen molar-refractivity contribution in [3.05, 3.63) is 0 Å². The highest BCUT2D eigenvalue weighted by Crippen LogP contribution is 2.44. The van der Waals surface area contributed by atoms with Crippen LogP contribution >= 0.6 is 0 Å². The topological polar surface area (TPSA) is 12.0 Å². The van der Waals surface area contributed by atoms with E-state index >= 15 is 0 Å². The van der Waals surface area contributed by atoms with Crippen molar-refractivity contribution in [2.45, 2.75) is 85.0 Å². The summed E-state index contributed by atoms with van der Waals surface area (Å²) >= 11 is 0. The molecule has 0 aliphatic heterocycles. The number of nitrogens with one attached hydrogen (secondary N) is 1. The Balaban J connectivity index is 2.05. The molecule has 0 aromatic rings. The highest BCUT2D eigenvalue weighted by atomic mass is 14.9. The molecule has 0 saturated heterocycles. The highest BCUT2D eigenvalue weighted by molar-refractivity contribution is 4.89. The maximum absolute atomic E-state index is 3.69. The van der Waals surface area contributed by atoms with Crippen molar-refractivity contribution in [1.82, 2.24) is 5.32 Å². The minimum atomic E-state index is 0.694. The van der Waals surface area contributed by atoms with Gasteiger partial charge in [-0.1, -0.05) is 65.7 Å². The van der Waals surface area contributed by atoms with Crippen LogP contribution in [0.25, 0.3) is 0 Å². The summed E-state index contributed by atoms with van der Waals surface area (Å²) in [6, 6.07) is 0. The molecule has 0 unspecified atom stereocenters. The van der Waals surface area contributed by atoms with Gasteiger partial charge in [-0.25, -0.2) is 0 Å². The van der Waals surface area contributed by atoms with Gasteiger partial charge in [0, 0.05) is 6.54 Å². The molecule has 18 heavy (non-hydrogen) atoms. The molecule has 0 bridgehead atoms. The molecule has 0 heterocycles. The molecular weight excluding hydrogens is 218 g/mol. The van der Waals surface area contributed by atoms with Crippen molar-refractivity contribution >= 4 is 0 Å². The zero-order chi connectivity index (χ0) is 13.3. The van der Waals surface area contributed by atoms with Gasteiger partial charge in [0.15, 0.2) is 0 Å². The predicted molar refractivity (Wildman–Crippen MR) is 82.0 cm³/mol. The van der Waals surface area contributed by atoms with Gasteiger partial charge in [-0.3, -0.25) is 0 Å². The Bertz CT molecular complexity index is 194. The van der Waals surface area contributed by atoms with E-state index in [1.165, 1.54) is 77.3 Å². The molecule has 0 radical (unpaired) electrons. The van der Waals surface area contributed by atoms with Crippen LogP contribution in [0.2, 0.25) is 0 Å². The van der Waals surface area contributed by atoms with Crippen molar-refractivity contribution in [2.24, 2.45) is 11.3 Å². The van der Waals surface area contributed by atoms with Crippen molar-refractivity contribution in [2.75, 3.05) is 13.1 Å². The Morgan fingerprint density at radius 2 is 1.67 bits per heavy atom. The normalized spacial score (nSPS) is 18.0. The van der Waals surface area contributed by atoms with E-state index in [9.17, 15) is 0 Å². The van der Waals surface area contributed by atoms with Crippen LogP contribution in [0.5, 0.6) is 0 Å². The van der Waals surface area contributed by atoms with E-state index < -0.39 is 0 Å². The van der Waals surface area contributed by atoms with Crippen LogP contribution in [-0.2, 0) is 0 Å². The molecule has 0 aromatic carbocycles. The van der Waals surface area contributed by atoms with Crippen LogP contribution in [0, 0.1) is 11.3 Å². The third-order valence-corrected chi connectivity index (χ3v) is 4.53. The highest BCUT2D eigenvalue weighted by Gasteiger charge is 2.35. The van der Waals surface area contributed by atoms with Crippen LogP contribution < -0.4 is 5.32 Å². The van der Waals surface area contributed by atoms with Crippen molar-refractivity contribution < 1.29 is 0 Å². The smallest absolute Gasteiger partial charge is 0.000792 e. The number of rotatable bonds is 11. The molecule has 1 N–H and O–H groups in total. The molecule has 1 heteroatoms. The summed E-state index contributed by atoms with van der Waals surface area (Å²) in [7, 11) is 0. The summed E-state index contributed by atoms with van der Waals surface area (Å²) in [5, 5.41) is 3.69. The zero-order valence-electron chi connectivity index (χ0n) is 13.1. The fourth-order valence-electron chi connectivity index (χ4n) is 3.10. The minimum Gasteiger partial charge on any atom is -0.316 e. The first kappa shape index (κ1) is 16.0. The van der Waals surface area contributed by atoms with Gasteiger partial charge in [0.25, 0.3) is 0 Å². The Kier molecular flexibility index (Phi) is 7.97. The van der Waals surface area contributed by atoms with Gasteiger partial charge in [-0.15, -0.1) is 0 Å². The monoisotopic (exact) mass is 253 g/mol. The van der Waals surface area contributed by atoms with Gasteiger partial charge in [0.05, 0.1) is 0 Å². The van der Waals surface area contributed by atoms with Gasteiger partial charge in [-0.05, 0) is 37.1 Å². The van der Waals surface area contributed by atoms with Crippen molar-refractivity contribution in [3.63, 3.8) is 0 Å². The zero-order valence-corrected chi connectivity index (χ0v) is 13.1. The van der Waals surface area contributed by atoms with E-state index in [-0.39, 0.29) is 0 Å². The Hall–Kier alpha value is -0.0400. The van der Waals surface area contributed by atoms with Crippen LogP contribution in [0.4, 0.5) is 0 Å². The largest absolute Gasteiger partial charge is 0.316 e. The molecule has 1 saturated carbocycles. The third-order valence-electron chi connectivity index (χ3n) is 4.53. The second-order valence-corrected chi connectivity index (χ2v) is 6.90. The maximum Gasteiger partial charge on any atom is 0.000792 e. The first-order chi connectivity index (χ1) is 8.68. The van der Waals surface area contributed by atoms with Crippen LogP contribution in [0.1, 0.15) is 85.0 Å². The molecule has 0 aromatic heterocycles. The summed E-state index contributed by atoms with van der Waals surface area (Å²) < 4.78 is 0. The van der Waals surface area contributed by atoms with E-state index in [4.69, 9.17) is 0 Å². The number of hydrogen-bond acceptors (Lipinski definition) is 1. The SMILES string of the molecule is CCCCCCCCC1(CNCC(C)C)CCC1. The fraction of sp³-hybridized carbons (Fsp3) is 1.00. The molecule has 0 amide bonds. The van der Waals surface area contributed by atoms with Crippen molar-refractivity contribution in [3.8, 4) is 0 Å².